The van der Waals surface area contributed by atoms with Gasteiger partial charge in [0.2, 0.25) is 0 Å². The van der Waals surface area contributed by atoms with Gasteiger partial charge >= 0.3 is 17.2 Å². The fourth-order valence-electron chi connectivity index (χ4n) is 9.50. The normalized spacial score (nSPS) is 14.3. The predicted octanol–water partition coefficient (Wildman–Crippen LogP) is 15.9. The van der Waals surface area contributed by atoms with Crippen LogP contribution in [0.3, 0.4) is 0 Å². The molecule has 338 valence electrons. The van der Waals surface area contributed by atoms with Crippen LogP contribution in [0.4, 0.5) is 0 Å². The number of benzene rings is 8. The minimum atomic E-state index is -2.09. The zero-order chi connectivity index (χ0) is 46.3. The van der Waals surface area contributed by atoms with Crippen LogP contribution in [0.5, 0.6) is 34.5 Å². The van der Waals surface area contributed by atoms with Crippen molar-refractivity contribution in [1.29, 1.82) is 0 Å². The highest BCUT2D eigenvalue weighted by atomic mass is 31.2. The zero-order valence-corrected chi connectivity index (χ0v) is 42.7. The highest BCUT2D eigenvalue weighted by Crippen LogP contribution is 2.56. The van der Waals surface area contributed by atoms with Crippen molar-refractivity contribution in [3.05, 3.63) is 183 Å². The Hall–Kier alpha value is -5.46. The molecule has 0 saturated heterocycles. The van der Waals surface area contributed by atoms with Crippen LogP contribution in [0.2, 0.25) is 0 Å². The van der Waals surface area contributed by atoms with Crippen molar-refractivity contribution in [2.75, 3.05) is 0 Å². The Kier molecular flexibility index (Phi) is 13.0. The van der Waals surface area contributed by atoms with Crippen molar-refractivity contribution in [2.24, 2.45) is 0 Å². The molecule has 2 atom stereocenters. The van der Waals surface area contributed by atoms with Gasteiger partial charge in [-0.05, 0) is 113 Å². The van der Waals surface area contributed by atoms with E-state index < -0.39 is 17.2 Å². The standard InChI is InChI=1S/C57H54O6P4/c1-7-13-40-23-19-34(3)45-31-46-35(4)20-24-41(14-8-2)55(46)61-66(60-54(40)45)58-49-28-26-38-15-9-11-17-43(38)52(49)53-44-18-12-10-16-39(44)27-29-50(53)59-67-62-56-42(33-64)25-21-36(5)47(56)32-48-37(6)22-30-51(65)57(48)63-67/h9-12,15-30,33,64H,7-8,13-14,31-32,65H2,1-6H3. The molecule has 10 rings (SSSR count). The Morgan fingerprint density at radius 1 is 0.507 bits per heavy atom. The summed E-state index contributed by atoms with van der Waals surface area (Å²) in [5, 5.41) is 5.02. The first kappa shape index (κ1) is 45.3. The van der Waals surface area contributed by atoms with Gasteiger partial charge in [0.25, 0.3) is 0 Å². The number of rotatable bonds is 10. The average molecular weight is 959 g/mol. The maximum Gasteiger partial charge on any atom is 0.530 e. The molecule has 0 aromatic heterocycles. The smallest absolute Gasteiger partial charge is 0.408 e. The third kappa shape index (κ3) is 8.69. The van der Waals surface area contributed by atoms with Crippen LogP contribution in [-0.4, -0.2) is 5.80 Å². The van der Waals surface area contributed by atoms with Crippen LogP contribution in [0.25, 0.3) is 32.7 Å². The van der Waals surface area contributed by atoms with E-state index in [1.165, 1.54) is 22.3 Å². The van der Waals surface area contributed by atoms with Gasteiger partial charge in [-0.15, -0.1) is 18.1 Å². The van der Waals surface area contributed by atoms with E-state index in [0.29, 0.717) is 24.3 Å². The van der Waals surface area contributed by atoms with E-state index in [1.54, 1.807) is 0 Å². The average Bonchev–Trinajstić information content (AvgIpc) is 3.31. The number of hydrogen-bond acceptors (Lipinski definition) is 6. The fraction of sp³-hybridized carbons (Fsp3) is 0.211. The van der Waals surface area contributed by atoms with E-state index in [1.807, 2.05) is 11.9 Å². The minimum Gasteiger partial charge on any atom is -0.408 e. The van der Waals surface area contributed by atoms with E-state index in [2.05, 4.69) is 175 Å². The van der Waals surface area contributed by atoms with Gasteiger partial charge in [0.1, 0.15) is 34.5 Å². The van der Waals surface area contributed by atoms with Crippen molar-refractivity contribution in [1.82, 2.24) is 0 Å². The van der Waals surface area contributed by atoms with Gasteiger partial charge in [0.05, 0.1) is 0 Å². The Morgan fingerprint density at radius 2 is 0.925 bits per heavy atom. The van der Waals surface area contributed by atoms with Crippen molar-refractivity contribution in [3.8, 4) is 45.6 Å². The molecular weight excluding hydrogens is 905 g/mol. The summed E-state index contributed by atoms with van der Waals surface area (Å²) in [7, 11) is 2.42. The lowest BCUT2D eigenvalue weighted by Crippen LogP contribution is -2.15. The molecule has 2 aliphatic rings. The third-order valence-corrected chi connectivity index (χ3v) is 15.9. The number of aryl methyl sites for hydroxylation is 6. The maximum absolute atomic E-state index is 7.34. The third-order valence-electron chi connectivity index (χ3n) is 13.1. The minimum absolute atomic E-state index is 0.592. The summed E-state index contributed by atoms with van der Waals surface area (Å²) in [5.74, 6) is 6.30. The molecule has 2 heterocycles. The van der Waals surface area contributed by atoms with Crippen molar-refractivity contribution >= 4 is 68.0 Å². The molecule has 0 aliphatic carbocycles. The Bertz CT molecular complexity index is 3170. The Morgan fingerprint density at radius 3 is 1.42 bits per heavy atom. The lowest BCUT2D eigenvalue weighted by molar-refractivity contribution is 0.376. The molecular formula is C57H54O6P4. The van der Waals surface area contributed by atoms with E-state index >= 15 is 0 Å². The molecule has 0 fully saturated rings. The highest BCUT2D eigenvalue weighted by molar-refractivity contribution is 7.43. The summed E-state index contributed by atoms with van der Waals surface area (Å²) < 4.78 is 42.9. The zero-order valence-electron chi connectivity index (χ0n) is 38.8. The summed E-state index contributed by atoms with van der Waals surface area (Å²) >= 11 is 0. The molecule has 0 spiro atoms. The van der Waals surface area contributed by atoms with Gasteiger partial charge in [-0.2, -0.15) is 0 Å². The molecule has 0 bridgehead atoms. The summed E-state index contributed by atoms with van der Waals surface area (Å²) in [4.78, 5) is 0. The number of hydrogen-bond donors (Lipinski definition) is 0. The fourth-order valence-corrected chi connectivity index (χ4v) is 12.5. The molecule has 8 aromatic rings. The van der Waals surface area contributed by atoms with Crippen molar-refractivity contribution < 1.29 is 27.1 Å². The largest absolute Gasteiger partial charge is 0.530 e. The summed E-state index contributed by atoms with van der Waals surface area (Å²) in [5.41, 5.74) is 14.1. The molecule has 6 nitrogen and oxygen atoms in total. The van der Waals surface area contributed by atoms with E-state index in [0.717, 1.165) is 126 Å². The quantitative estimate of drug-likeness (QED) is 0.127. The van der Waals surface area contributed by atoms with Crippen LogP contribution < -0.4 is 32.4 Å². The Labute approximate surface area is 401 Å². The van der Waals surface area contributed by atoms with Gasteiger partial charge < -0.3 is 27.1 Å². The van der Waals surface area contributed by atoms with Crippen LogP contribution in [0.1, 0.15) is 87.9 Å². The van der Waals surface area contributed by atoms with Crippen LogP contribution >= 0.6 is 35.3 Å². The van der Waals surface area contributed by atoms with Gasteiger partial charge in [0, 0.05) is 57.1 Å². The first-order valence-corrected chi connectivity index (χ1v) is 26.4. The molecule has 67 heavy (non-hydrogen) atoms. The first-order chi connectivity index (χ1) is 32.6. The topological polar surface area (TPSA) is 55.4 Å². The molecule has 0 N–H and O–H groups in total. The van der Waals surface area contributed by atoms with Crippen molar-refractivity contribution in [2.45, 2.75) is 80.1 Å². The molecule has 0 radical (unpaired) electrons. The lowest BCUT2D eigenvalue weighted by atomic mass is 9.91. The van der Waals surface area contributed by atoms with Crippen molar-refractivity contribution in [3.63, 3.8) is 0 Å². The second kappa shape index (κ2) is 19.3. The second-order valence-electron chi connectivity index (χ2n) is 17.6. The lowest BCUT2D eigenvalue weighted by Gasteiger charge is -2.29. The first-order valence-electron chi connectivity index (χ1n) is 23.1. The van der Waals surface area contributed by atoms with Crippen LogP contribution in [-0.2, 0) is 25.7 Å². The van der Waals surface area contributed by atoms with Gasteiger partial charge in [0.15, 0.2) is 0 Å². The van der Waals surface area contributed by atoms with Gasteiger partial charge in [-0.3, -0.25) is 0 Å². The molecule has 0 amide bonds. The molecule has 2 aliphatic heterocycles. The highest BCUT2D eigenvalue weighted by Gasteiger charge is 2.34. The van der Waals surface area contributed by atoms with Crippen LogP contribution in [0.15, 0.2) is 121 Å². The molecule has 0 saturated carbocycles. The van der Waals surface area contributed by atoms with E-state index in [9.17, 15) is 0 Å². The SMILES string of the molecule is CCCc1ccc(C)c2c1OP(Oc1ccc3ccccc3c1-c1c(OP3Oc4c(P)ccc(C)c4Cc4c(C)ccc(C=P)c4O3)ccc3ccccc13)Oc1c(CCC)ccc(C)c1C2. The van der Waals surface area contributed by atoms with Gasteiger partial charge in [-0.25, -0.2) is 0 Å². The van der Waals surface area contributed by atoms with Gasteiger partial charge in [-0.1, -0.05) is 136 Å². The predicted molar refractivity (Wildman–Crippen MR) is 286 cm³/mol. The Balaban J connectivity index is 1.17. The molecule has 10 heteroatoms. The number of fused-ring (bicyclic) bond motifs is 6. The summed E-state index contributed by atoms with van der Waals surface area (Å²) in [6.07, 6.45) is 5.08. The molecule has 8 aromatic carbocycles. The monoisotopic (exact) mass is 958 g/mol. The summed E-state index contributed by atoms with van der Waals surface area (Å²) in [6, 6.07) is 42.4. The second-order valence-corrected chi connectivity index (χ2v) is 20.5. The van der Waals surface area contributed by atoms with Crippen LogP contribution in [0, 0.1) is 27.7 Å². The van der Waals surface area contributed by atoms with E-state index in [4.69, 9.17) is 27.1 Å². The molecule has 2 unspecified atom stereocenters. The van der Waals surface area contributed by atoms with E-state index in [-0.39, 0.29) is 0 Å². The summed E-state index contributed by atoms with van der Waals surface area (Å²) in [6.45, 7) is 13.0. The maximum atomic E-state index is 7.34.